The maximum atomic E-state index is 11.3. The molecule has 1 radical (unpaired) electrons. The van der Waals surface area contributed by atoms with Crippen molar-refractivity contribution in [3.05, 3.63) is 0 Å². The van der Waals surface area contributed by atoms with Crippen LogP contribution in [0.1, 0.15) is 34.6 Å². The standard InChI is InChI=1S/C7H17N2O/c1-6(2,3)9(10)7(4,5)8/h8H2,1-5H3. The van der Waals surface area contributed by atoms with E-state index in [1.807, 2.05) is 20.8 Å². The predicted octanol–water partition coefficient (Wildman–Crippen LogP) is 1.13. The Morgan fingerprint density at radius 1 is 1.10 bits per heavy atom. The molecule has 2 N–H and O–H groups in total. The van der Waals surface area contributed by atoms with Gasteiger partial charge in [-0.3, -0.25) is 0 Å². The average molecular weight is 145 g/mol. The molecule has 0 aliphatic carbocycles. The van der Waals surface area contributed by atoms with Crippen molar-refractivity contribution in [2.45, 2.75) is 45.8 Å². The van der Waals surface area contributed by atoms with Crippen LogP contribution in [0, 0.1) is 0 Å². The Balaban J connectivity index is 4.23. The molecule has 0 saturated heterocycles. The maximum absolute atomic E-state index is 11.3. The summed E-state index contributed by atoms with van der Waals surface area (Å²) in [5.74, 6) is 0. The first kappa shape index (κ1) is 9.88. The Hall–Kier alpha value is -0.120. The molecule has 0 bridgehead atoms. The summed E-state index contributed by atoms with van der Waals surface area (Å²) in [5.41, 5.74) is 4.39. The van der Waals surface area contributed by atoms with Gasteiger partial charge in [0.15, 0.2) is 0 Å². The summed E-state index contributed by atoms with van der Waals surface area (Å²) >= 11 is 0. The predicted molar refractivity (Wildman–Crippen MR) is 40.5 cm³/mol. The van der Waals surface area contributed by atoms with Gasteiger partial charge in [0.1, 0.15) is 0 Å². The molecule has 0 unspecified atom stereocenters. The van der Waals surface area contributed by atoms with Crippen LogP contribution in [0.25, 0.3) is 0 Å². The van der Waals surface area contributed by atoms with Crippen LogP contribution in [0.3, 0.4) is 0 Å². The highest BCUT2D eigenvalue weighted by Crippen LogP contribution is 2.17. The van der Waals surface area contributed by atoms with Crippen molar-refractivity contribution < 1.29 is 5.21 Å². The fourth-order valence-electron chi connectivity index (χ4n) is 0.864. The quantitative estimate of drug-likeness (QED) is 0.444. The first-order valence-electron chi connectivity index (χ1n) is 3.42. The zero-order chi connectivity index (χ0) is 8.58. The zero-order valence-corrected chi connectivity index (χ0v) is 7.43. The number of hydroxylamine groups is 2. The zero-order valence-electron chi connectivity index (χ0n) is 7.43. The Bertz CT molecular complexity index is 95.8. The molecule has 61 valence electrons. The van der Waals surface area contributed by atoms with Gasteiger partial charge in [0.05, 0.1) is 5.66 Å². The van der Waals surface area contributed by atoms with Gasteiger partial charge < -0.3 is 5.73 Å². The van der Waals surface area contributed by atoms with Crippen LogP contribution in [0.5, 0.6) is 0 Å². The first-order chi connectivity index (χ1) is 4.15. The fraction of sp³-hybridized carbons (Fsp3) is 1.00. The molecule has 3 nitrogen and oxygen atoms in total. The van der Waals surface area contributed by atoms with Gasteiger partial charge in [0.25, 0.3) is 0 Å². The van der Waals surface area contributed by atoms with E-state index in [9.17, 15) is 5.21 Å². The van der Waals surface area contributed by atoms with E-state index >= 15 is 0 Å². The summed E-state index contributed by atoms with van der Waals surface area (Å²) < 4.78 is 0. The summed E-state index contributed by atoms with van der Waals surface area (Å²) in [6.07, 6.45) is 0. The molecule has 0 aliphatic rings. The van der Waals surface area contributed by atoms with Crippen LogP contribution < -0.4 is 5.73 Å². The molecule has 0 saturated carbocycles. The molecule has 3 heteroatoms. The van der Waals surface area contributed by atoms with Gasteiger partial charge in [-0.2, -0.15) is 0 Å². The van der Waals surface area contributed by atoms with Crippen molar-refractivity contribution in [2.75, 3.05) is 0 Å². The van der Waals surface area contributed by atoms with Crippen LogP contribution in [0.15, 0.2) is 0 Å². The lowest BCUT2D eigenvalue weighted by molar-refractivity contribution is -0.265. The minimum atomic E-state index is -0.780. The lowest BCUT2D eigenvalue weighted by atomic mass is 10.1. The summed E-state index contributed by atoms with van der Waals surface area (Å²) in [6.45, 7) is 8.92. The van der Waals surface area contributed by atoms with E-state index in [1.165, 1.54) is 0 Å². The number of hydrogen-bond donors (Lipinski definition) is 1. The molecule has 0 rings (SSSR count). The second kappa shape index (κ2) is 2.49. The number of rotatable bonds is 1. The third kappa shape index (κ3) is 2.64. The Morgan fingerprint density at radius 2 is 1.40 bits per heavy atom. The fourth-order valence-corrected chi connectivity index (χ4v) is 0.864. The Morgan fingerprint density at radius 3 is 1.40 bits per heavy atom. The molecular formula is C7H17N2O. The molecule has 0 aromatic heterocycles. The number of nitrogens with zero attached hydrogens (tertiary/aromatic N) is 1. The van der Waals surface area contributed by atoms with Gasteiger partial charge in [-0.05, 0) is 34.6 Å². The molecular weight excluding hydrogens is 128 g/mol. The van der Waals surface area contributed by atoms with E-state index in [4.69, 9.17) is 5.73 Å². The monoisotopic (exact) mass is 145 g/mol. The minimum Gasteiger partial charge on any atom is -0.312 e. The number of hydrogen-bond acceptors (Lipinski definition) is 2. The Labute approximate surface area is 62.8 Å². The molecule has 0 amide bonds. The van der Waals surface area contributed by atoms with Gasteiger partial charge in [-0.15, -0.1) is 10.3 Å². The largest absolute Gasteiger partial charge is 0.312 e. The van der Waals surface area contributed by atoms with Gasteiger partial charge >= 0.3 is 0 Å². The van der Waals surface area contributed by atoms with E-state index in [0.29, 0.717) is 0 Å². The van der Waals surface area contributed by atoms with Gasteiger partial charge in [-0.25, -0.2) is 0 Å². The third-order valence-corrected chi connectivity index (χ3v) is 1.13. The highest BCUT2D eigenvalue weighted by atomic mass is 16.5. The molecule has 0 aliphatic heterocycles. The van der Waals surface area contributed by atoms with E-state index in [-0.39, 0.29) is 0 Å². The highest BCUT2D eigenvalue weighted by molar-refractivity contribution is 4.78. The minimum absolute atomic E-state index is 0.405. The molecule has 0 fully saturated rings. The molecule has 10 heavy (non-hydrogen) atoms. The van der Waals surface area contributed by atoms with Crippen molar-refractivity contribution >= 4 is 0 Å². The number of nitrogens with two attached hydrogens (primary N) is 1. The van der Waals surface area contributed by atoms with E-state index in [2.05, 4.69) is 0 Å². The Kier molecular flexibility index (Phi) is 2.46. The van der Waals surface area contributed by atoms with Gasteiger partial charge in [0.2, 0.25) is 0 Å². The van der Waals surface area contributed by atoms with Crippen molar-refractivity contribution in [3.63, 3.8) is 0 Å². The molecule has 0 atom stereocenters. The van der Waals surface area contributed by atoms with E-state index < -0.39 is 11.2 Å². The first-order valence-corrected chi connectivity index (χ1v) is 3.42. The molecule has 0 heterocycles. The van der Waals surface area contributed by atoms with E-state index in [1.54, 1.807) is 13.8 Å². The topological polar surface area (TPSA) is 49.2 Å². The molecule has 0 aromatic rings. The second-order valence-electron chi connectivity index (χ2n) is 4.12. The lowest BCUT2D eigenvalue weighted by Crippen LogP contribution is -2.56. The second-order valence-corrected chi connectivity index (χ2v) is 4.12. The van der Waals surface area contributed by atoms with Crippen LogP contribution in [-0.4, -0.2) is 16.3 Å². The summed E-state index contributed by atoms with van der Waals surface area (Å²) in [7, 11) is 0. The maximum Gasteiger partial charge on any atom is 0.0908 e. The van der Waals surface area contributed by atoms with Crippen molar-refractivity contribution in [3.8, 4) is 0 Å². The van der Waals surface area contributed by atoms with E-state index in [0.717, 1.165) is 5.06 Å². The summed E-state index contributed by atoms with van der Waals surface area (Å²) in [5, 5.41) is 12.2. The SMILES string of the molecule is CC(C)(C)N([O])C(C)(C)N. The molecule has 0 spiro atoms. The smallest absolute Gasteiger partial charge is 0.0908 e. The van der Waals surface area contributed by atoms with Crippen molar-refractivity contribution in [2.24, 2.45) is 5.73 Å². The molecule has 0 aromatic carbocycles. The van der Waals surface area contributed by atoms with Gasteiger partial charge in [0, 0.05) is 5.54 Å². The van der Waals surface area contributed by atoms with Crippen LogP contribution in [0.2, 0.25) is 0 Å². The summed E-state index contributed by atoms with van der Waals surface area (Å²) in [4.78, 5) is 0. The van der Waals surface area contributed by atoms with Gasteiger partial charge in [-0.1, -0.05) is 0 Å². The highest BCUT2D eigenvalue weighted by Gasteiger charge is 2.31. The average Bonchev–Trinajstić information content (AvgIpc) is 1.59. The summed E-state index contributed by atoms with van der Waals surface area (Å²) in [6, 6.07) is 0. The van der Waals surface area contributed by atoms with Crippen molar-refractivity contribution in [1.82, 2.24) is 5.06 Å². The third-order valence-electron chi connectivity index (χ3n) is 1.13. The lowest BCUT2D eigenvalue weighted by Gasteiger charge is -2.37. The van der Waals surface area contributed by atoms with Crippen LogP contribution in [-0.2, 0) is 5.21 Å². The van der Waals surface area contributed by atoms with Crippen LogP contribution >= 0.6 is 0 Å². The van der Waals surface area contributed by atoms with Crippen LogP contribution in [0.4, 0.5) is 0 Å². The normalized spacial score (nSPS) is 14.4. The van der Waals surface area contributed by atoms with Crippen molar-refractivity contribution in [1.29, 1.82) is 0 Å².